The molecule has 0 saturated carbocycles. The Labute approximate surface area is 285 Å². The van der Waals surface area contributed by atoms with E-state index in [0.717, 1.165) is 21.7 Å². The van der Waals surface area contributed by atoms with Crippen LogP contribution in [0.25, 0.3) is 0 Å². The lowest BCUT2D eigenvalue weighted by atomic mass is 10.0. The molecule has 0 spiro atoms. The molecule has 0 saturated heterocycles. The molecule has 1 unspecified atom stereocenters. The van der Waals surface area contributed by atoms with Crippen LogP contribution < -0.4 is 14.8 Å². The Balaban J connectivity index is 1.20. The lowest BCUT2D eigenvalue weighted by Crippen LogP contribution is -2.28. The topological polar surface area (TPSA) is 111 Å². The van der Waals surface area contributed by atoms with Crippen LogP contribution >= 0.6 is 23.1 Å². The SMILES string of the molecule is COc1cc(OC)cc(C(=O)NCc2nnc(SCC(=O)N3N=C(c4cccs4)CC3c3ccc(F)cc3)n2CCc2ccccc2)c1. The molecule has 1 aliphatic rings. The summed E-state index contributed by atoms with van der Waals surface area (Å²) in [6, 6.07) is 24.8. The fourth-order valence-electron chi connectivity index (χ4n) is 5.34. The largest absolute Gasteiger partial charge is 0.497 e. The predicted molar refractivity (Wildman–Crippen MR) is 183 cm³/mol. The molecule has 3 aromatic carbocycles. The summed E-state index contributed by atoms with van der Waals surface area (Å²) in [6.45, 7) is 0.649. The number of carbonyl (C=O) groups is 2. The van der Waals surface area contributed by atoms with Gasteiger partial charge in [-0.15, -0.1) is 21.5 Å². The summed E-state index contributed by atoms with van der Waals surface area (Å²) in [5.74, 6) is 0.732. The molecule has 1 atom stereocenters. The van der Waals surface area contributed by atoms with E-state index in [1.165, 1.54) is 43.1 Å². The zero-order valence-corrected chi connectivity index (χ0v) is 28.0. The second kappa shape index (κ2) is 15.3. The summed E-state index contributed by atoms with van der Waals surface area (Å²) < 4.78 is 26.3. The summed E-state index contributed by atoms with van der Waals surface area (Å²) in [7, 11) is 3.05. The third kappa shape index (κ3) is 7.75. The van der Waals surface area contributed by atoms with E-state index in [1.54, 1.807) is 41.7 Å². The first-order valence-corrected chi connectivity index (χ1v) is 17.1. The molecule has 13 heteroatoms. The number of nitrogens with one attached hydrogen (secondary N) is 1. The normalized spacial score (nSPS) is 14.1. The second-order valence-corrected chi connectivity index (χ2v) is 12.8. The number of nitrogens with zero attached hydrogens (tertiary/aromatic N) is 5. The Bertz CT molecular complexity index is 1880. The van der Waals surface area contributed by atoms with Gasteiger partial charge in [0.25, 0.3) is 11.8 Å². The Kier molecular flexibility index (Phi) is 10.5. The minimum Gasteiger partial charge on any atom is -0.497 e. The van der Waals surface area contributed by atoms with Gasteiger partial charge in [-0.2, -0.15) is 5.10 Å². The molecular formula is C35H33FN6O4S2. The highest BCUT2D eigenvalue weighted by molar-refractivity contribution is 7.99. The molecule has 2 aromatic heterocycles. The third-order valence-electron chi connectivity index (χ3n) is 7.83. The van der Waals surface area contributed by atoms with Gasteiger partial charge in [0.05, 0.1) is 43.1 Å². The first-order chi connectivity index (χ1) is 23.4. The number of thiophene rings is 1. The third-order valence-corrected chi connectivity index (χ3v) is 9.70. The molecule has 1 N–H and O–H groups in total. The van der Waals surface area contributed by atoms with Crippen LogP contribution in [0, 0.1) is 5.82 Å². The van der Waals surface area contributed by atoms with Gasteiger partial charge in [-0.3, -0.25) is 9.59 Å². The minimum atomic E-state index is -0.354. The first kappa shape index (κ1) is 32.9. The van der Waals surface area contributed by atoms with E-state index in [0.29, 0.717) is 47.4 Å². The number of hydrogen-bond donors (Lipinski definition) is 1. The van der Waals surface area contributed by atoms with Crippen molar-refractivity contribution >= 4 is 40.6 Å². The maximum atomic E-state index is 13.8. The Morgan fingerprint density at radius 2 is 1.73 bits per heavy atom. The number of halogens is 1. The summed E-state index contributed by atoms with van der Waals surface area (Å²) >= 11 is 2.83. The van der Waals surface area contributed by atoms with Gasteiger partial charge in [-0.1, -0.05) is 60.3 Å². The van der Waals surface area contributed by atoms with Crippen LogP contribution in [0.1, 0.15) is 44.6 Å². The number of rotatable bonds is 13. The van der Waals surface area contributed by atoms with Crippen LogP contribution in [0.4, 0.5) is 4.39 Å². The zero-order valence-electron chi connectivity index (χ0n) is 26.3. The van der Waals surface area contributed by atoms with Crippen molar-refractivity contribution in [1.29, 1.82) is 0 Å². The van der Waals surface area contributed by atoms with Crippen molar-refractivity contribution in [2.24, 2.45) is 5.10 Å². The second-order valence-electron chi connectivity index (χ2n) is 10.9. The summed E-state index contributed by atoms with van der Waals surface area (Å²) in [4.78, 5) is 27.9. The van der Waals surface area contributed by atoms with Crippen molar-refractivity contribution in [3.8, 4) is 11.5 Å². The van der Waals surface area contributed by atoms with Crippen LogP contribution in [0.2, 0.25) is 0 Å². The molecule has 48 heavy (non-hydrogen) atoms. The van der Waals surface area contributed by atoms with Gasteiger partial charge < -0.3 is 19.4 Å². The van der Waals surface area contributed by atoms with Crippen molar-refractivity contribution in [2.75, 3.05) is 20.0 Å². The molecule has 2 amide bonds. The number of aryl methyl sites for hydroxylation is 1. The van der Waals surface area contributed by atoms with Gasteiger partial charge in [0, 0.05) is 24.6 Å². The van der Waals surface area contributed by atoms with Crippen LogP contribution in [-0.2, 0) is 24.3 Å². The highest BCUT2D eigenvalue weighted by atomic mass is 32.2. The molecule has 3 heterocycles. The van der Waals surface area contributed by atoms with Gasteiger partial charge in [0.15, 0.2) is 11.0 Å². The van der Waals surface area contributed by atoms with E-state index in [2.05, 4.69) is 15.5 Å². The first-order valence-electron chi connectivity index (χ1n) is 15.2. The van der Waals surface area contributed by atoms with Crippen molar-refractivity contribution in [3.05, 3.63) is 124 Å². The number of aromatic nitrogens is 3. The highest BCUT2D eigenvalue weighted by Crippen LogP contribution is 2.35. The number of methoxy groups -OCH3 is 2. The molecule has 246 valence electrons. The maximum absolute atomic E-state index is 13.8. The van der Waals surface area contributed by atoms with Crippen LogP contribution in [0.15, 0.2) is 101 Å². The standard InChI is InChI=1S/C35H33FN6O4S2/c1-45-27-17-25(18-28(19-27)46-2)34(44)37-21-32-38-39-35(41(32)15-14-23-7-4-3-5-8-23)48-22-33(43)42-30(24-10-12-26(36)13-11-24)20-29(40-42)31-9-6-16-47-31/h3-13,16-19,30H,14-15,20-22H2,1-2H3,(H,37,44). The van der Waals surface area contributed by atoms with Crippen LogP contribution in [-0.4, -0.2) is 57.3 Å². The summed E-state index contributed by atoms with van der Waals surface area (Å²) in [5.41, 5.74) is 3.13. The average molecular weight is 685 g/mol. The van der Waals surface area contributed by atoms with Crippen LogP contribution in [0.5, 0.6) is 11.5 Å². The molecule has 0 bridgehead atoms. The zero-order chi connectivity index (χ0) is 33.5. The molecule has 10 nitrogen and oxygen atoms in total. The van der Waals surface area contributed by atoms with Gasteiger partial charge in [0.1, 0.15) is 17.3 Å². The Hall–Kier alpha value is -5.01. The number of amides is 2. The van der Waals surface area contributed by atoms with Gasteiger partial charge in [0.2, 0.25) is 0 Å². The van der Waals surface area contributed by atoms with Gasteiger partial charge in [-0.25, -0.2) is 9.40 Å². The van der Waals surface area contributed by atoms with E-state index in [4.69, 9.17) is 14.6 Å². The molecule has 6 rings (SSSR count). The van der Waals surface area contributed by atoms with Gasteiger partial charge in [-0.05, 0) is 53.3 Å². The number of hydrogen-bond acceptors (Lipinski definition) is 9. The maximum Gasteiger partial charge on any atom is 0.253 e. The van der Waals surface area contributed by atoms with E-state index >= 15 is 0 Å². The van der Waals surface area contributed by atoms with Crippen molar-refractivity contribution in [1.82, 2.24) is 25.1 Å². The Morgan fingerprint density at radius 3 is 2.42 bits per heavy atom. The minimum absolute atomic E-state index is 0.0539. The number of hydrazone groups is 1. The van der Waals surface area contributed by atoms with Crippen molar-refractivity contribution in [2.45, 2.75) is 37.1 Å². The fourth-order valence-corrected chi connectivity index (χ4v) is 6.89. The quantitative estimate of drug-likeness (QED) is 0.148. The average Bonchev–Trinajstić information content (AvgIpc) is 3.90. The lowest BCUT2D eigenvalue weighted by Gasteiger charge is -2.22. The summed E-state index contributed by atoms with van der Waals surface area (Å²) in [6.07, 6.45) is 1.22. The predicted octanol–water partition coefficient (Wildman–Crippen LogP) is 6.14. The fraction of sp³-hybridized carbons (Fsp3) is 0.229. The van der Waals surface area contributed by atoms with Crippen molar-refractivity contribution < 1.29 is 23.5 Å². The monoisotopic (exact) mass is 684 g/mol. The molecule has 0 fully saturated rings. The lowest BCUT2D eigenvalue weighted by molar-refractivity contribution is -0.130. The number of carbonyl (C=O) groups excluding carboxylic acids is 2. The van der Waals surface area contributed by atoms with E-state index in [-0.39, 0.29) is 36.0 Å². The van der Waals surface area contributed by atoms with E-state index in [9.17, 15) is 14.0 Å². The highest BCUT2D eigenvalue weighted by Gasteiger charge is 2.33. The van der Waals surface area contributed by atoms with Crippen molar-refractivity contribution in [3.63, 3.8) is 0 Å². The van der Waals surface area contributed by atoms with Gasteiger partial charge >= 0.3 is 0 Å². The molecule has 1 aliphatic heterocycles. The number of benzene rings is 3. The summed E-state index contributed by atoms with van der Waals surface area (Å²) in [5, 5.41) is 20.5. The molecular weight excluding hydrogens is 652 g/mol. The molecule has 5 aromatic rings. The van der Waals surface area contributed by atoms with E-state index < -0.39 is 0 Å². The number of ether oxygens (including phenoxy) is 2. The molecule has 0 aliphatic carbocycles. The molecule has 0 radical (unpaired) electrons. The smallest absolute Gasteiger partial charge is 0.253 e. The number of thioether (sulfide) groups is 1. The Morgan fingerprint density at radius 1 is 0.979 bits per heavy atom. The van der Waals surface area contributed by atoms with E-state index in [1.807, 2.05) is 52.4 Å². The van der Waals surface area contributed by atoms with Crippen LogP contribution in [0.3, 0.4) is 0 Å².